The zero-order valence-corrected chi connectivity index (χ0v) is 17.1. The van der Waals surface area contributed by atoms with Crippen molar-refractivity contribution in [3.8, 4) is 0 Å². The second-order valence-corrected chi connectivity index (χ2v) is 10.4. The van der Waals surface area contributed by atoms with Gasteiger partial charge in [-0.05, 0) is 51.5 Å². The summed E-state index contributed by atoms with van der Waals surface area (Å²) in [5, 5.41) is 0. The molecule has 0 bridgehead atoms. The summed E-state index contributed by atoms with van der Waals surface area (Å²) in [7, 11) is -7.65. The van der Waals surface area contributed by atoms with Crippen LogP contribution in [0, 0.1) is 13.8 Å². The number of hydrogen-bond donors (Lipinski definition) is 0. The van der Waals surface area contributed by atoms with Gasteiger partial charge in [-0.3, -0.25) is 4.18 Å². The second kappa shape index (κ2) is 7.35. The molecule has 2 atom stereocenters. The quantitative estimate of drug-likeness (QED) is 0.710. The smallest absolute Gasteiger partial charge is 0.262 e. The van der Waals surface area contributed by atoms with Crippen molar-refractivity contribution in [2.24, 2.45) is 0 Å². The minimum atomic E-state index is -3.94. The summed E-state index contributed by atoms with van der Waals surface area (Å²) in [6.45, 7) is 5.51. The van der Waals surface area contributed by atoms with E-state index in [1.165, 1.54) is 16.4 Å². The molecular weight excluding hydrogens is 386 g/mol. The van der Waals surface area contributed by atoms with E-state index in [0.29, 0.717) is 6.42 Å². The normalized spacial score (nSPS) is 21.4. The first-order valence-corrected chi connectivity index (χ1v) is 11.5. The van der Waals surface area contributed by atoms with Gasteiger partial charge in [-0.1, -0.05) is 35.4 Å². The highest BCUT2D eigenvalue weighted by atomic mass is 32.2. The molecule has 1 saturated heterocycles. The number of hydrogen-bond acceptors (Lipinski definition) is 5. The van der Waals surface area contributed by atoms with E-state index < -0.39 is 26.2 Å². The van der Waals surface area contributed by atoms with Gasteiger partial charge >= 0.3 is 0 Å². The minimum absolute atomic E-state index is 0.00245. The molecule has 6 nitrogen and oxygen atoms in total. The molecule has 146 valence electrons. The molecule has 27 heavy (non-hydrogen) atoms. The first-order valence-electron chi connectivity index (χ1n) is 8.68. The Kier molecular flexibility index (Phi) is 5.45. The van der Waals surface area contributed by atoms with Gasteiger partial charge in [0.2, 0.25) is 10.0 Å². The molecule has 1 aliphatic heterocycles. The van der Waals surface area contributed by atoms with Gasteiger partial charge in [-0.2, -0.15) is 12.7 Å². The van der Waals surface area contributed by atoms with Crippen molar-refractivity contribution in [3.63, 3.8) is 0 Å². The third kappa shape index (κ3) is 4.24. The minimum Gasteiger partial charge on any atom is -0.262 e. The number of benzene rings is 2. The van der Waals surface area contributed by atoms with E-state index in [1.54, 1.807) is 43.3 Å². The summed E-state index contributed by atoms with van der Waals surface area (Å²) in [6.07, 6.45) is -0.401. The Labute approximate surface area is 161 Å². The molecule has 3 rings (SSSR count). The molecule has 0 radical (unpaired) electrons. The van der Waals surface area contributed by atoms with Gasteiger partial charge < -0.3 is 0 Å². The fourth-order valence-electron chi connectivity index (χ4n) is 3.14. The van der Waals surface area contributed by atoms with Crippen LogP contribution in [0.4, 0.5) is 0 Å². The van der Waals surface area contributed by atoms with Gasteiger partial charge in [0.25, 0.3) is 10.1 Å². The Morgan fingerprint density at radius 1 is 0.852 bits per heavy atom. The third-order valence-corrected chi connectivity index (χ3v) is 8.05. The van der Waals surface area contributed by atoms with E-state index in [-0.39, 0.29) is 22.4 Å². The standard InChI is InChI=1S/C19H23NO5S2/c1-14-4-8-18(9-5-14)26(21,22)20-13-17(12-16(20)3)25-27(23,24)19-10-6-15(2)7-11-19/h4-11,16-17H,12-13H2,1-3H3/t16-,17+/m0/s1. The zero-order chi connectivity index (χ0) is 19.8. The summed E-state index contributed by atoms with van der Waals surface area (Å²) in [6, 6.07) is 12.6. The summed E-state index contributed by atoms with van der Waals surface area (Å²) in [4.78, 5) is 0.266. The van der Waals surface area contributed by atoms with Gasteiger partial charge in [0, 0.05) is 12.6 Å². The molecule has 2 aromatic rings. The van der Waals surface area contributed by atoms with Gasteiger partial charge in [0.1, 0.15) is 0 Å². The first kappa shape index (κ1) is 20.0. The molecule has 1 aliphatic rings. The lowest BCUT2D eigenvalue weighted by molar-refractivity contribution is 0.222. The Hall–Kier alpha value is -1.74. The molecule has 1 heterocycles. The number of nitrogens with zero attached hydrogens (tertiary/aromatic N) is 1. The lowest BCUT2D eigenvalue weighted by Crippen LogP contribution is -2.34. The molecule has 0 amide bonds. The molecule has 8 heteroatoms. The van der Waals surface area contributed by atoms with Gasteiger partial charge in [-0.15, -0.1) is 0 Å². The van der Waals surface area contributed by atoms with E-state index >= 15 is 0 Å². The highest BCUT2D eigenvalue weighted by Gasteiger charge is 2.40. The van der Waals surface area contributed by atoms with Gasteiger partial charge in [-0.25, -0.2) is 8.42 Å². The van der Waals surface area contributed by atoms with Crippen LogP contribution in [0.2, 0.25) is 0 Å². The van der Waals surface area contributed by atoms with Crippen LogP contribution in [0.1, 0.15) is 24.5 Å². The number of sulfonamides is 1. The van der Waals surface area contributed by atoms with Crippen LogP contribution in [-0.2, 0) is 24.3 Å². The average Bonchev–Trinajstić information content (AvgIpc) is 2.96. The van der Waals surface area contributed by atoms with E-state index in [1.807, 2.05) is 13.8 Å². The van der Waals surface area contributed by atoms with Gasteiger partial charge in [0.15, 0.2) is 0 Å². The summed E-state index contributed by atoms with van der Waals surface area (Å²) < 4.78 is 57.4. The lowest BCUT2D eigenvalue weighted by Gasteiger charge is -2.20. The van der Waals surface area contributed by atoms with Crippen molar-refractivity contribution in [2.45, 2.75) is 49.1 Å². The van der Waals surface area contributed by atoms with Crippen LogP contribution in [0.25, 0.3) is 0 Å². The van der Waals surface area contributed by atoms with Crippen LogP contribution in [0.5, 0.6) is 0 Å². The predicted octanol–water partition coefficient (Wildman–Crippen LogP) is 2.86. The summed E-state index contributed by atoms with van der Waals surface area (Å²) >= 11 is 0. The monoisotopic (exact) mass is 409 g/mol. The molecule has 2 aromatic carbocycles. The molecular formula is C19H23NO5S2. The van der Waals surface area contributed by atoms with Gasteiger partial charge in [0.05, 0.1) is 15.9 Å². The number of aryl methyl sites for hydroxylation is 2. The maximum atomic E-state index is 12.9. The van der Waals surface area contributed by atoms with Crippen LogP contribution in [0.15, 0.2) is 58.3 Å². The highest BCUT2D eigenvalue weighted by molar-refractivity contribution is 7.89. The molecule has 0 spiro atoms. The van der Waals surface area contributed by atoms with E-state index in [0.717, 1.165) is 11.1 Å². The topological polar surface area (TPSA) is 80.8 Å². The van der Waals surface area contributed by atoms with E-state index in [9.17, 15) is 16.8 Å². The maximum Gasteiger partial charge on any atom is 0.297 e. The molecule has 0 aromatic heterocycles. The van der Waals surface area contributed by atoms with Crippen LogP contribution < -0.4 is 0 Å². The van der Waals surface area contributed by atoms with Crippen molar-refractivity contribution in [1.29, 1.82) is 0 Å². The van der Waals surface area contributed by atoms with Crippen molar-refractivity contribution >= 4 is 20.1 Å². The second-order valence-electron chi connectivity index (χ2n) is 6.96. The largest absolute Gasteiger partial charge is 0.297 e. The first-order chi connectivity index (χ1) is 12.6. The van der Waals surface area contributed by atoms with Crippen LogP contribution in [0.3, 0.4) is 0 Å². The van der Waals surface area contributed by atoms with Crippen LogP contribution in [-0.4, -0.2) is 39.8 Å². The summed E-state index contributed by atoms with van der Waals surface area (Å²) in [5.41, 5.74) is 1.91. The van der Waals surface area contributed by atoms with Crippen molar-refractivity contribution in [3.05, 3.63) is 59.7 Å². The van der Waals surface area contributed by atoms with Crippen molar-refractivity contribution < 1.29 is 21.0 Å². The molecule has 1 fully saturated rings. The Balaban J connectivity index is 1.78. The molecule has 0 saturated carbocycles. The SMILES string of the molecule is Cc1ccc(S(=O)(=O)O[C@@H]2C[C@H](C)N(S(=O)(=O)c3ccc(C)cc3)C2)cc1. The van der Waals surface area contributed by atoms with E-state index in [4.69, 9.17) is 4.18 Å². The Bertz CT molecular complexity index is 1010. The Morgan fingerprint density at radius 2 is 1.33 bits per heavy atom. The van der Waals surface area contributed by atoms with E-state index in [2.05, 4.69) is 0 Å². The van der Waals surface area contributed by atoms with Crippen molar-refractivity contribution in [2.75, 3.05) is 6.54 Å². The summed E-state index contributed by atoms with van der Waals surface area (Å²) in [5.74, 6) is 0. The fraction of sp³-hybridized carbons (Fsp3) is 0.368. The number of rotatable bonds is 5. The fourth-order valence-corrected chi connectivity index (χ4v) is 5.89. The lowest BCUT2D eigenvalue weighted by atomic mass is 10.2. The maximum absolute atomic E-state index is 12.9. The molecule has 0 aliphatic carbocycles. The molecule has 0 unspecified atom stereocenters. The van der Waals surface area contributed by atoms with Crippen molar-refractivity contribution in [1.82, 2.24) is 4.31 Å². The zero-order valence-electron chi connectivity index (χ0n) is 15.5. The predicted molar refractivity (Wildman–Crippen MR) is 102 cm³/mol. The molecule has 0 N–H and O–H groups in total. The highest BCUT2D eigenvalue weighted by Crippen LogP contribution is 2.29. The average molecular weight is 410 g/mol. The van der Waals surface area contributed by atoms with Crippen LogP contribution >= 0.6 is 0 Å². The third-order valence-electron chi connectivity index (χ3n) is 4.68. The Morgan fingerprint density at radius 3 is 1.85 bits per heavy atom.